The number of pyridine rings is 1. The second kappa shape index (κ2) is 9.09. The van der Waals surface area contributed by atoms with Gasteiger partial charge in [-0.25, -0.2) is 0 Å². The average molecular weight is 420 g/mol. The van der Waals surface area contributed by atoms with E-state index >= 15 is 0 Å². The standard InChI is InChI=1S/C23H24N4O4/c1-15-10-20(31-26-15)12-22(29)27-14-19(28)11-21(27)23(30)25-13-16-2-4-17(5-3-16)18-6-8-24-9-7-18/h2-10,19,21,28H,11-14H2,1H3,(H,25,30)/t19-,21+/m1/s1. The molecule has 3 aromatic rings. The van der Waals surface area contributed by atoms with Gasteiger partial charge in [0.2, 0.25) is 11.8 Å². The minimum Gasteiger partial charge on any atom is -0.391 e. The topological polar surface area (TPSA) is 109 Å². The second-order valence-corrected chi connectivity index (χ2v) is 7.71. The Bertz CT molecular complexity index is 1050. The number of carbonyl (C=O) groups is 2. The summed E-state index contributed by atoms with van der Waals surface area (Å²) in [6.07, 6.45) is 2.99. The Morgan fingerprint density at radius 2 is 1.87 bits per heavy atom. The molecule has 0 radical (unpaired) electrons. The van der Waals surface area contributed by atoms with Crippen molar-refractivity contribution < 1.29 is 19.2 Å². The van der Waals surface area contributed by atoms with Gasteiger partial charge in [-0.3, -0.25) is 14.6 Å². The van der Waals surface area contributed by atoms with Crippen LogP contribution in [0.25, 0.3) is 11.1 Å². The quantitative estimate of drug-likeness (QED) is 0.630. The number of nitrogens with zero attached hydrogens (tertiary/aromatic N) is 3. The van der Waals surface area contributed by atoms with E-state index in [1.165, 1.54) is 4.90 Å². The molecule has 4 rings (SSSR count). The highest BCUT2D eigenvalue weighted by atomic mass is 16.5. The lowest BCUT2D eigenvalue weighted by Crippen LogP contribution is -2.46. The number of likely N-dealkylation sites (tertiary alicyclic amines) is 1. The molecule has 0 unspecified atom stereocenters. The first-order valence-corrected chi connectivity index (χ1v) is 10.2. The van der Waals surface area contributed by atoms with Gasteiger partial charge in [-0.2, -0.15) is 0 Å². The van der Waals surface area contributed by atoms with Crippen LogP contribution >= 0.6 is 0 Å². The van der Waals surface area contributed by atoms with Crippen molar-refractivity contribution in [3.63, 3.8) is 0 Å². The molecule has 0 aliphatic carbocycles. The predicted molar refractivity (Wildman–Crippen MR) is 113 cm³/mol. The second-order valence-electron chi connectivity index (χ2n) is 7.71. The van der Waals surface area contributed by atoms with Crippen molar-refractivity contribution in [3.05, 3.63) is 71.9 Å². The normalized spacial score (nSPS) is 18.2. The van der Waals surface area contributed by atoms with Crippen LogP contribution in [0.1, 0.15) is 23.4 Å². The smallest absolute Gasteiger partial charge is 0.243 e. The van der Waals surface area contributed by atoms with Crippen LogP contribution in [0.15, 0.2) is 59.4 Å². The summed E-state index contributed by atoms with van der Waals surface area (Å²) >= 11 is 0. The van der Waals surface area contributed by atoms with Crippen LogP contribution in [0.4, 0.5) is 0 Å². The number of hydrogen-bond acceptors (Lipinski definition) is 6. The zero-order valence-corrected chi connectivity index (χ0v) is 17.2. The van der Waals surface area contributed by atoms with Gasteiger partial charge in [0.1, 0.15) is 11.8 Å². The first kappa shape index (κ1) is 20.7. The maximum Gasteiger partial charge on any atom is 0.243 e. The van der Waals surface area contributed by atoms with Crippen LogP contribution in [0, 0.1) is 6.92 Å². The van der Waals surface area contributed by atoms with Gasteiger partial charge in [-0.15, -0.1) is 0 Å². The average Bonchev–Trinajstić information content (AvgIpc) is 3.38. The predicted octanol–water partition coefficient (Wildman–Crippen LogP) is 1.87. The molecule has 2 amide bonds. The Hall–Kier alpha value is -3.52. The number of rotatable bonds is 6. The zero-order chi connectivity index (χ0) is 21.8. The third kappa shape index (κ3) is 4.97. The molecule has 3 heterocycles. The van der Waals surface area contributed by atoms with Crippen LogP contribution in [-0.2, 0) is 22.6 Å². The number of hydrogen-bond donors (Lipinski definition) is 2. The van der Waals surface area contributed by atoms with Crippen molar-refractivity contribution in [3.8, 4) is 11.1 Å². The molecule has 1 saturated heterocycles. The lowest BCUT2D eigenvalue weighted by atomic mass is 10.1. The maximum atomic E-state index is 12.8. The van der Waals surface area contributed by atoms with E-state index < -0.39 is 12.1 Å². The van der Waals surface area contributed by atoms with Crippen molar-refractivity contribution in [2.24, 2.45) is 0 Å². The highest BCUT2D eigenvalue weighted by molar-refractivity contribution is 5.89. The highest BCUT2D eigenvalue weighted by Gasteiger charge is 2.38. The molecule has 2 N–H and O–H groups in total. The van der Waals surface area contributed by atoms with Crippen molar-refractivity contribution in [2.75, 3.05) is 6.54 Å². The fraction of sp³-hybridized carbons (Fsp3) is 0.304. The number of benzene rings is 1. The molecule has 8 heteroatoms. The molecule has 0 bridgehead atoms. The minimum absolute atomic E-state index is 0.00775. The third-order valence-electron chi connectivity index (χ3n) is 5.34. The number of aliphatic hydroxyl groups excluding tert-OH is 1. The molecule has 2 atom stereocenters. The molecule has 2 aromatic heterocycles. The number of nitrogens with one attached hydrogen (secondary N) is 1. The molecule has 160 valence electrons. The van der Waals surface area contributed by atoms with Gasteiger partial charge in [0.15, 0.2) is 0 Å². The summed E-state index contributed by atoms with van der Waals surface area (Å²) in [7, 11) is 0. The van der Waals surface area contributed by atoms with E-state index in [0.29, 0.717) is 18.0 Å². The molecule has 0 spiro atoms. The van der Waals surface area contributed by atoms with E-state index in [1.54, 1.807) is 25.4 Å². The Labute approximate surface area is 179 Å². The molecule has 1 fully saturated rings. The SMILES string of the molecule is Cc1cc(CC(=O)N2C[C@H](O)C[C@H]2C(=O)NCc2ccc(-c3ccncc3)cc2)on1. The van der Waals surface area contributed by atoms with E-state index in [4.69, 9.17) is 4.52 Å². The van der Waals surface area contributed by atoms with Gasteiger partial charge in [-0.05, 0) is 35.7 Å². The summed E-state index contributed by atoms with van der Waals surface area (Å²) in [5.41, 5.74) is 3.77. The summed E-state index contributed by atoms with van der Waals surface area (Å²) in [4.78, 5) is 30.9. The van der Waals surface area contributed by atoms with Crippen molar-refractivity contribution in [1.82, 2.24) is 20.4 Å². The van der Waals surface area contributed by atoms with Gasteiger partial charge < -0.3 is 19.8 Å². The molecule has 1 aromatic carbocycles. The molecule has 8 nitrogen and oxygen atoms in total. The zero-order valence-electron chi connectivity index (χ0n) is 17.2. The molecule has 1 aliphatic rings. The number of aryl methyl sites for hydroxylation is 1. The largest absolute Gasteiger partial charge is 0.391 e. The maximum absolute atomic E-state index is 12.8. The van der Waals surface area contributed by atoms with Crippen molar-refractivity contribution in [2.45, 2.75) is 38.5 Å². The monoisotopic (exact) mass is 420 g/mol. The van der Waals surface area contributed by atoms with Gasteiger partial charge in [-0.1, -0.05) is 29.4 Å². The summed E-state index contributed by atoms with van der Waals surface area (Å²) in [5.74, 6) is -0.108. The lowest BCUT2D eigenvalue weighted by Gasteiger charge is -2.23. The van der Waals surface area contributed by atoms with Crippen molar-refractivity contribution in [1.29, 1.82) is 0 Å². The number of aromatic nitrogens is 2. The highest BCUT2D eigenvalue weighted by Crippen LogP contribution is 2.21. The summed E-state index contributed by atoms with van der Waals surface area (Å²) in [6.45, 7) is 2.24. The fourth-order valence-electron chi connectivity index (χ4n) is 3.75. The number of carbonyl (C=O) groups excluding carboxylic acids is 2. The first-order chi connectivity index (χ1) is 15.0. The lowest BCUT2D eigenvalue weighted by molar-refractivity contribution is -0.138. The number of amides is 2. The van der Waals surface area contributed by atoms with Crippen LogP contribution in [-0.4, -0.2) is 50.7 Å². The van der Waals surface area contributed by atoms with Crippen LogP contribution in [0.2, 0.25) is 0 Å². The van der Waals surface area contributed by atoms with Gasteiger partial charge in [0.05, 0.1) is 18.2 Å². The Morgan fingerprint density at radius 1 is 1.16 bits per heavy atom. The van der Waals surface area contributed by atoms with E-state index in [-0.39, 0.29) is 31.2 Å². The van der Waals surface area contributed by atoms with E-state index in [2.05, 4.69) is 15.5 Å². The Kier molecular flexibility index (Phi) is 6.08. The van der Waals surface area contributed by atoms with Crippen LogP contribution < -0.4 is 5.32 Å². The van der Waals surface area contributed by atoms with Gasteiger partial charge in [0.25, 0.3) is 0 Å². The van der Waals surface area contributed by atoms with Gasteiger partial charge in [0, 0.05) is 38.0 Å². The number of β-amino-alcohol motifs (C(OH)–C–C–N with tert-alkyl or cyclic N) is 1. The van der Waals surface area contributed by atoms with Crippen LogP contribution in [0.3, 0.4) is 0 Å². The van der Waals surface area contributed by atoms with Crippen molar-refractivity contribution >= 4 is 11.8 Å². The molecule has 31 heavy (non-hydrogen) atoms. The summed E-state index contributed by atoms with van der Waals surface area (Å²) in [5, 5.41) is 16.7. The minimum atomic E-state index is -0.726. The molecular formula is C23H24N4O4. The van der Waals surface area contributed by atoms with Gasteiger partial charge >= 0.3 is 0 Å². The van der Waals surface area contributed by atoms with E-state index in [1.807, 2.05) is 36.4 Å². The van der Waals surface area contributed by atoms with E-state index in [9.17, 15) is 14.7 Å². The molecular weight excluding hydrogens is 396 g/mol. The van der Waals surface area contributed by atoms with Crippen LogP contribution in [0.5, 0.6) is 0 Å². The Morgan fingerprint density at radius 3 is 2.55 bits per heavy atom. The summed E-state index contributed by atoms with van der Waals surface area (Å²) < 4.78 is 5.10. The Balaban J connectivity index is 1.36. The van der Waals surface area contributed by atoms with E-state index in [0.717, 1.165) is 16.7 Å². The molecule has 1 aliphatic heterocycles. The fourth-order valence-corrected chi connectivity index (χ4v) is 3.75. The number of aliphatic hydroxyl groups is 1. The third-order valence-corrected chi connectivity index (χ3v) is 5.34. The first-order valence-electron chi connectivity index (χ1n) is 10.2. The molecule has 0 saturated carbocycles. The summed E-state index contributed by atoms with van der Waals surface area (Å²) in [6, 6.07) is 12.7.